The van der Waals surface area contributed by atoms with Gasteiger partial charge in [-0.3, -0.25) is 0 Å². The third kappa shape index (κ3) is 6.92. The zero-order valence-corrected chi connectivity index (χ0v) is 25.4. The minimum atomic E-state index is -4.45. The summed E-state index contributed by atoms with van der Waals surface area (Å²) in [6.07, 6.45) is 2.47. The van der Waals surface area contributed by atoms with Gasteiger partial charge in [-0.2, -0.15) is 0 Å². The Morgan fingerprint density at radius 2 is 0.838 bits per heavy atom. The van der Waals surface area contributed by atoms with Gasteiger partial charge in [-0.15, -0.1) is 0 Å². The van der Waals surface area contributed by atoms with E-state index in [9.17, 15) is 25.9 Å². The minimum absolute atomic E-state index is 0. The van der Waals surface area contributed by atoms with Crippen LogP contribution in [0.3, 0.4) is 0 Å². The van der Waals surface area contributed by atoms with Crippen LogP contribution in [-0.4, -0.2) is 63.7 Å². The fraction of sp³-hybridized carbons (Fsp3) is 0.286. The molecule has 0 aliphatic heterocycles. The smallest absolute Gasteiger partial charge is 0.744 e. The summed E-state index contributed by atoms with van der Waals surface area (Å²) in [4.78, 5) is -0.0834. The molecule has 6 nitrogen and oxygen atoms in total. The second-order valence-electron chi connectivity index (χ2n) is 8.46. The van der Waals surface area contributed by atoms with E-state index in [1.807, 2.05) is 76.2 Å². The Kier molecular flexibility index (Phi) is 11.2. The Morgan fingerprint density at radius 3 is 1.11 bits per heavy atom. The number of rotatable bonds is 6. The van der Waals surface area contributed by atoms with Crippen molar-refractivity contribution in [2.75, 3.05) is 0 Å². The first-order valence-corrected chi connectivity index (χ1v) is 14.8. The fourth-order valence-electron chi connectivity index (χ4n) is 4.64. The van der Waals surface area contributed by atoms with Crippen molar-refractivity contribution in [2.45, 2.75) is 63.2 Å². The van der Waals surface area contributed by atoms with Gasteiger partial charge < -0.3 is 9.11 Å². The monoisotopic (exact) mass is 566 g/mol. The first-order chi connectivity index (χ1) is 17.0. The van der Waals surface area contributed by atoms with Crippen LogP contribution in [0.4, 0.5) is 0 Å². The molecule has 0 atom stereocenters. The molecule has 0 N–H and O–H groups in total. The molecule has 0 spiro atoms. The van der Waals surface area contributed by atoms with Gasteiger partial charge in [0.1, 0.15) is 20.2 Å². The Labute approximate surface area is 249 Å². The van der Waals surface area contributed by atoms with Gasteiger partial charge in [0, 0.05) is 10.8 Å². The van der Waals surface area contributed by atoms with Gasteiger partial charge >= 0.3 is 37.7 Å². The van der Waals surface area contributed by atoms with Crippen molar-refractivity contribution in [3.05, 3.63) is 82.9 Å². The van der Waals surface area contributed by atoms with Crippen LogP contribution >= 0.6 is 0 Å². The van der Waals surface area contributed by atoms with E-state index in [0.29, 0.717) is 47.6 Å². The quantitative estimate of drug-likeness (QED) is 0.229. The summed E-state index contributed by atoms with van der Waals surface area (Å²) in [6.45, 7) is 7.61. The Morgan fingerprint density at radius 1 is 0.514 bits per heavy atom. The Hall–Kier alpha value is -1.52. The van der Waals surface area contributed by atoms with E-state index in [1.165, 1.54) is 0 Å². The topological polar surface area (TPSA) is 114 Å². The summed E-state index contributed by atoms with van der Waals surface area (Å²) in [5, 5.41) is 2.80. The molecule has 0 aromatic heterocycles. The van der Waals surface area contributed by atoms with Crippen LogP contribution < -0.4 is 0 Å². The SMILES string of the molecule is CCc1ccc2cccc(CC)c2c1S(=O)(=O)[O-].CCc1ccc2cccc(CC)c2c1S(=O)(=O)[O-].[Ca+2]. The zero-order chi connectivity index (χ0) is 26.7. The predicted octanol–water partition coefficient (Wildman–Crippen LogP) is 5.36. The summed E-state index contributed by atoms with van der Waals surface area (Å²) in [5.74, 6) is 0. The molecule has 0 heterocycles. The molecule has 0 fully saturated rings. The average molecular weight is 567 g/mol. The van der Waals surface area contributed by atoms with E-state index < -0.39 is 20.2 Å². The first kappa shape index (κ1) is 31.7. The van der Waals surface area contributed by atoms with Crippen molar-refractivity contribution in [3.8, 4) is 0 Å². The zero-order valence-electron chi connectivity index (χ0n) is 21.6. The van der Waals surface area contributed by atoms with Gasteiger partial charge in [-0.1, -0.05) is 88.4 Å². The number of benzene rings is 4. The molecule has 0 aliphatic rings. The van der Waals surface area contributed by atoms with Crippen LogP contribution in [0.1, 0.15) is 49.9 Å². The van der Waals surface area contributed by atoms with Gasteiger partial charge in [0.15, 0.2) is 0 Å². The predicted molar refractivity (Wildman–Crippen MR) is 147 cm³/mol. The molecule has 0 bridgehead atoms. The molecular weight excluding hydrogens is 537 g/mol. The van der Waals surface area contributed by atoms with Crippen LogP contribution in [0, 0.1) is 0 Å². The second kappa shape index (κ2) is 13.0. The van der Waals surface area contributed by atoms with Crippen LogP contribution in [0.2, 0.25) is 0 Å². The molecule has 192 valence electrons. The normalized spacial score (nSPS) is 11.6. The van der Waals surface area contributed by atoms with Crippen LogP contribution in [0.5, 0.6) is 0 Å². The number of aryl methyl sites for hydroxylation is 4. The van der Waals surface area contributed by atoms with Crippen molar-refractivity contribution in [1.29, 1.82) is 0 Å². The standard InChI is InChI=1S/2C14H16O3S.Ca/c2*1-3-10-6-5-7-12-9-8-11(4-2)14(13(10)12)18(15,16)17;/h2*5-9H,3-4H2,1-2H3,(H,15,16,17);/q;;+2/p-2. The molecule has 4 rings (SSSR count). The van der Waals surface area contributed by atoms with Gasteiger partial charge in [-0.05, 0) is 58.7 Å². The number of hydrogen-bond donors (Lipinski definition) is 0. The van der Waals surface area contributed by atoms with E-state index >= 15 is 0 Å². The Balaban J connectivity index is 0.000000253. The van der Waals surface area contributed by atoms with Crippen LogP contribution in [-0.2, 0) is 45.9 Å². The molecule has 0 unspecified atom stereocenters. The minimum Gasteiger partial charge on any atom is -0.744 e. The number of hydrogen-bond acceptors (Lipinski definition) is 6. The molecule has 0 saturated heterocycles. The van der Waals surface area contributed by atoms with E-state index in [-0.39, 0.29) is 47.5 Å². The maximum absolute atomic E-state index is 11.5. The molecule has 37 heavy (non-hydrogen) atoms. The summed E-state index contributed by atoms with van der Waals surface area (Å²) < 4.78 is 69.2. The molecule has 4 aromatic carbocycles. The summed E-state index contributed by atoms with van der Waals surface area (Å²) in [7, 11) is -8.91. The van der Waals surface area contributed by atoms with Crippen molar-refractivity contribution in [2.24, 2.45) is 0 Å². The summed E-state index contributed by atoms with van der Waals surface area (Å²) >= 11 is 0. The third-order valence-corrected chi connectivity index (χ3v) is 8.29. The molecule has 0 amide bonds. The van der Waals surface area contributed by atoms with Crippen molar-refractivity contribution in [3.63, 3.8) is 0 Å². The first-order valence-electron chi connectivity index (χ1n) is 12.0. The molecular formula is C28H30CaO6S2. The fourth-order valence-corrected chi connectivity index (χ4v) is 6.71. The van der Waals surface area contributed by atoms with E-state index in [1.54, 1.807) is 12.1 Å². The second-order valence-corrected chi connectivity index (χ2v) is 11.1. The van der Waals surface area contributed by atoms with Crippen molar-refractivity contribution >= 4 is 79.5 Å². The van der Waals surface area contributed by atoms with E-state index in [4.69, 9.17) is 0 Å². The van der Waals surface area contributed by atoms with Crippen molar-refractivity contribution in [1.82, 2.24) is 0 Å². The summed E-state index contributed by atoms with van der Waals surface area (Å²) in [6, 6.07) is 18.4. The van der Waals surface area contributed by atoms with E-state index in [2.05, 4.69) is 0 Å². The largest absolute Gasteiger partial charge is 2.00 e. The van der Waals surface area contributed by atoms with Gasteiger partial charge in [-0.25, -0.2) is 16.8 Å². The van der Waals surface area contributed by atoms with Gasteiger partial charge in [0.05, 0.1) is 9.79 Å². The molecule has 0 aliphatic carbocycles. The molecule has 4 aromatic rings. The third-order valence-electron chi connectivity index (χ3n) is 6.36. The van der Waals surface area contributed by atoms with Crippen LogP contribution in [0.15, 0.2) is 70.5 Å². The molecule has 0 saturated carbocycles. The van der Waals surface area contributed by atoms with Crippen molar-refractivity contribution < 1.29 is 25.9 Å². The average Bonchev–Trinajstić information content (AvgIpc) is 2.85. The molecule has 9 heteroatoms. The van der Waals surface area contributed by atoms with Crippen LogP contribution in [0.25, 0.3) is 21.5 Å². The molecule has 0 radical (unpaired) electrons. The maximum atomic E-state index is 11.5. The van der Waals surface area contributed by atoms with Gasteiger partial charge in [0.25, 0.3) is 0 Å². The summed E-state index contributed by atoms with van der Waals surface area (Å²) in [5.41, 5.74) is 2.99. The Bertz CT molecular complexity index is 1500. The van der Waals surface area contributed by atoms with E-state index in [0.717, 1.165) is 21.9 Å². The maximum Gasteiger partial charge on any atom is 2.00 e. The number of fused-ring (bicyclic) bond motifs is 2. The van der Waals surface area contributed by atoms with Gasteiger partial charge in [0.2, 0.25) is 0 Å².